The molecule has 28 heavy (non-hydrogen) atoms. The van der Waals surface area contributed by atoms with E-state index in [1.165, 1.54) is 17.5 Å². The predicted molar refractivity (Wildman–Crippen MR) is 110 cm³/mol. The number of ether oxygens (including phenoxy) is 1. The SMILES string of the molecule is C=CCN([C@@H](C(=C)C(=O)OC)c1ccc(C)cc1)S(=O)(=O)c1ccc(C)cc1. The number of hydrogen-bond donors (Lipinski definition) is 0. The molecule has 148 valence electrons. The van der Waals surface area contributed by atoms with Crippen LogP contribution in [0, 0.1) is 13.8 Å². The van der Waals surface area contributed by atoms with Gasteiger partial charge in [0.1, 0.15) is 0 Å². The first-order valence-corrected chi connectivity index (χ1v) is 10.2. The highest BCUT2D eigenvalue weighted by molar-refractivity contribution is 7.89. The second-order valence-corrected chi connectivity index (χ2v) is 8.40. The van der Waals surface area contributed by atoms with E-state index in [1.807, 2.05) is 26.0 Å². The molecular formula is C22H25NO4S. The molecule has 2 aromatic carbocycles. The molecule has 0 fully saturated rings. The number of carbonyl (C=O) groups is 1. The normalized spacial score (nSPS) is 12.4. The minimum Gasteiger partial charge on any atom is -0.466 e. The molecule has 0 aliphatic rings. The van der Waals surface area contributed by atoms with Gasteiger partial charge in [-0.3, -0.25) is 0 Å². The van der Waals surface area contributed by atoms with Crippen molar-refractivity contribution in [2.75, 3.05) is 13.7 Å². The van der Waals surface area contributed by atoms with Gasteiger partial charge in [-0.05, 0) is 31.5 Å². The summed E-state index contributed by atoms with van der Waals surface area (Å²) in [6, 6.07) is 12.9. The van der Waals surface area contributed by atoms with Gasteiger partial charge in [0.05, 0.1) is 23.6 Å². The van der Waals surface area contributed by atoms with E-state index in [0.717, 1.165) is 11.1 Å². The Balaban J connectivity index is 2.65. The van der Waals surface area contributed by atoms with Gasteiger partial charge in [0.2, 0.25) is 10.0 Å². The first-order valence-electron chi connectivity index (χ1n) is 8.75. The molecule has 2 rings (SSSR count). The maximum atomic E-state index is 13.4. The number of hydrogen-bond acceptors (Lipinski definition) is 4. The maximum Gasteiger partial charge on any atom is 0.335 e. The number of nitrogens with zero attached hydrogens (tertiary/aromatic N) is 1. The summed E-state index contributed by atoms with van der Waals surface area (Å²) in [6.07, 6.45) is 1.48. The molecular weight excluding hydrogens is 374 g/mol. The van der Waals surface area contributed by atoms with Gasteiger partial charge in [-0.1, -0.05) is 60.2 Å². The van der Waals surface area contributed by atoms with Crippen molar-refractivity contribution in [3.05, 3.63) is 90.0 Å². The van der Waals surface area contributed by atoms with Crippen LogP contribution in [0.5, 0.6) is 0 Å². The first-order chi connectivity index (χ1) is 13.2. The van der Waals surface area contributed by atoms with Gasteiger partial charge in [-0.2, -0.15) is 4.31 Å². The van der Waals surface area contributed by atoms with Crippen molar-refractivity contribution < 1.29 is 17.9 Å². The van der Waals surface area contributed by atoms with Crippen LogP contribution in [0.25, 0.3) is 0 Å². The molecule has 1 atom stereocenters. The highest BCUT2D eigenvalue weighted by Gasteiger charge is 2.36. The Hall–Kier alpha value is -2.70. The summed E-state index contributed by atoms with van der Waals surface area (Å²) in [4.78, 5) is 12.4. The Bertz CT molecular complexity index is 961. The van der Waals surface area contributed by atoms with Crippen LogP contribution in [0.15, 0.2) is 78.2 Å². The summed E-state index contributed by atoms with van der Waals surface area (Å²) in [5, 5.41) is 0. The standard InChI is InChI=1S/C22H25NO4S/c1-6-15-23(28(25,26)20-13-9-17(3)10-14-20)21(18(4)22(24)27-5)19-11-7-16(2)8-12-19/h6-14,21H,1,4,15H2,2-3,5H3/t21-/m0/s1. The molecule has 5 nitrogen and oxygen atoms in total. The Morgan fingerprint density at radius 3 is 2.04 bits per heavy atom. The fourth-order valence-corrected chi connectivity index (χ4v) is 4.43. The Morgan fingerprint density at radius 2 is 1.57 bits per heavy atom. The molecule has 0 bridgehead atoms. The second kappa shape index (κ2) is 8.99. The van der Waals surface area contributed by atoms with Gasteiger partial charge in [0.25, 0.3) is 0 Å². The molecule has 0 unspecified atom stereocenters. The number of rotatable bonds is 8. The van der Waals surface area contributed by atoms with Crippen molar-refractivity contribution in [2.45, 2.75) is 24.8 Å². The van der Waals surface area contributed by atoms with Crippen LogP contribution < -0.4 is 0 Å². The van der Waals surface area contributed by atoms with Crippen molar-refractivity contribution in [1.29, 1.82) is 0 Å². The zero-order chi connectivity index (χ0) is 20.9. The van der Waals surface area contributed by atoms with Crippen molar-refractivity contribution in [3.63, 3.8) is 0 Å². The topological polar surface area (TPSA) is 63.7 Å². The van der Waals surface area contributed by atoms with Crippen LogP contribution >= 0.6 is 0 Å². The van der Waals surface area contributed by atoms with Crippen LogP contribution in [0.4, 0.5) is 0 Å². The molecule has 0 saturated heterocycles. The van der Waals surface area contributed by atoms with Crippen LogP contribution in [-0.4, -0.2) is 32.3 Å². The number of esters is 1. The van der Waals surface area contributed by atoms with Gasteiger partial charge in [0.15, 0.2) is 0 Å². The molecule has 0 radical (unpaired) electrons. The third-order valence-corrected chi connectivity index (χ3v) is 6.24. The third kappa shape index (κ3) is 4.58. The van der Waals surface area contributed by atoms with E-state index in [4.69, 9.17) is 4.74 Å². The number of carbonyl (C=O) groups excluding carboxylic acids is 1. The summed E-state index contributed by atoms with van der Waals surface area (Å²) in [6.45, 7) is 11.3. The van der Waals surface area contributed by atoms with E-state index in [2.05, 4.69) is 13.2 Å². The Labute approximate surface area is 167 Å². The van der Waals surface area contributed by atoms with Crippen molar-refractivity contribution in [1.82, 2.24) is 4.31 Å². The molecule has 6 heteroatoms. The van der Waals surface area contributed by atoms with Gasteiger partial charge in [-0.25, -0.2) is 13.2 Å². The lowest BCUT2D eigenvalue weighted by Gasteiger charge is -2.31. The molecule has 0 saturated carbocycles. The highest BCUT2D eigenvalue weighted by atomic mass is 32.2. The Kier molecular flexibility index (Phi) is 6.94. The highest BCUT2D eigenvalue weighted by Crippen LogP contribution is 2.33. The average Bonchev–Trinajstić information content (AvgIpc) is 2.68. The average molecular weight is 400 g/mol. The molecule has 0 aliphatic heterocycles. The smallest absolute Gasteiger partial charge is 0.335 e. The quantitative estimate of drug-likeness (QED) is 0.383. The third-order valence-electron chi connectivity index (χ3n) is 4.40. The molecule has 0 N–H and O–H groups in total. The second-order valence-electron chi connectivity index (χ2n) is 6.51. The van der Waals surface area contributed by atoms with Gasteiger partial charge >= 0.3 is 5.97 Å². The van der Waals surface area contributed by atoms with E-state index in [9.17, 15) is 13.2 Å². The lowest BCUT2D eigenvalue weighted by molar-refractivity contribution is -0.136. The number of sulfonamides is 1. The monoisotopic (exact) mass is 399 g/mol. The van der Waals surface area contributed by atoms with E-state index in [-0.39, 0.29) is 17.0 Å². The maximum absolute atomic E-state index is 13.4. The summed E-state index contributed by atoms with van der Waals surface area (Å²) in [5.41, 5.74) is 2.62. The van der Waals surface area contributed by atoms with Gasteiger partial charge in [-0.15, -0.1) is 6.58 Å². The largest absolute Gasteiger partial charge is 0.466 e. The molecule has 0 heterocycles. The zero-order valence-electron chi connectivity index (χ0n) is 16.4. The summed E-state index contributed by atoms with van der Waals surface area (Å²) in [5.74, 6) is -0.668. The van der Waals surface area contributed by atoms with Crippen molar-refractivity contribution >= 4 is 16.0 Å². The van der Waals surface area contributed by atoms with E-state index in [0.29, 0.717) is 5.56 Å². The number of methoxy groups -OCH3 is 1. The van der Waals surface area contributed by atoms with E-state index >= 15 is 0 Å². The van der Waals surface area contributed by atoms with Gasteiger partial charge < -0.3 is 4.74 Å². The lowest BCUT2D eigenvalue weighted by Crippen LogP contribution is -2.37. The fraction of sp³-hybridized carbons (Fsp3) is 0.227. The molecule has 0 aliphatic carbocycles. The van der Waals surface area contributed by atoms with Crippen LogP contribution in [0.2, 0.25) is 0 Å². The molecule has 0 amide bonds. The number of benzene rings is 2. The van der Waals surface area contributed by atoms with E-state index < -0.39 is 22.0 Å². The number of aryl methyl sites for hydroxylation is 2. The zero-order valence-corrected chi connectivity index (χ0v) is 17.2. The van der Waals surface area contributed by atoms with Crippen molar-refractivity contribution in [2.24, 2.45) is 0 Å². The minimum absolute atomic E-state index is 0.00473. The molecule has 0 aromatic heterocycles. The van der Waals surface area contributed by atoms with Gasteiger partial charge in [0, 0.05) is 6.54 Å². The molecule has 0 spiro atoms. The van der Waals surface area contributed by atoms with E-state index in [1.54, 1.807) is 36.4 Å². The van der Waals surface area contributed by atoms with Crippen LogP contribution in [0.3, 0.4) is 0 Å². The summed E-state index contributed by atoms with van der Waals surface area (Å²) < 4.78 is 32.9. The summed E-state index contributed by atoms with van der Waals surface area (Å²) >= 11 is 0. The van der Waals surface area contributed by atoms with Crippen LogP contribution in [0.1, 0.15) is 22.7 Å². The Morgan fingerprint density at radius 1 is 1.07 bits per heavy atom. The minimum atomic E-state index is -3.93. The van der Waals surface area contributed by atoms with Crippen molar-refractivity contribution in [3.8, 4) is 0 Å². The fourth-order valence-electron chi connectivity index (χ4n) is 2.85. The lowest BCUT2D eigenvalue weighted by atomic mass is 9.98. The molecule has 2 aromatic rings. The summed E-state index contributed by atoms with van der Waals surface area (Å²) in [7, 11) is -2.69. The predicted octanol–water partition coefficient (Wildman–Crippen LogP) is 3.95. The first kappa shape index (κ1) is 21.6. The van der Waals surface area contributed by atoms with Crippen LogP contribution in [-0.2, 0) is 19.6 Å².